The summed E-state index contributed by atoms with van der Waals surface area (Å²) in [5, 5.41) is 15.2. The first-order valence-corrected chi connectivity index (χ1v) is 3.35. The number of H-pyrrole nitrogens is 1. The van der Waals surface area contributed by atoms with E-state index < -0.39 is 0 Å². The first-order valence-electron chi connectivity index (χ1n) is 2.56. The Morgan fingerprint density at radius 1 is 1.78 bits per heavy atom. The lowest BCUT2D eigenvalue weighted by Crippen LogP contribution is -1.82. The highest BCUT2D eigenvalue weighted by Crippen LogP contribution is 2.17. The van der Waals surface area contributed by atoms with Crippen LogP contribution in [-0.4, -0.2) is 15.3 Å². The largest absolute Gasteiger partial charge is 0.390 e. The van der Waals surface area contributed by atoms with Gasteiger partial charge in [-0.3, -0.25) is 5.10 Å². The van der Waals surface area contributed by atoms with Gasteiger partial charge >= 0.3 is 0 Å². The topological polar surface area (TPSA) is 48.9 Å². The smallest absolute Gasteiger partial charge is 0.102 e. The third-order valence-electron chi connectivity index (χ3n) is 1.09. The van der Waals surface area contributed by atoms with Crippen LogP contribution in [-0.2, 0) is 6.61 Å². The number of nitrogens with zero attached hydrogens (tertiary/aromatic N) is 1. The lowest BCUT2D eigenvalue weighted by Gasteiger charge is -1.86. The molecule has 0 aliphatic carbocycles. The third-order valence-corrected chi connectivity index (χ3v) is 2.14. The predicted octanol–water partition coefficient (Wildman–Crippen LogP) is 0.973. The minimum Gasteiger partial charge on any atom is -0.390 e. The van der Waals surface area contributed by atoms with Gasteiger partial charge in [0.15, 0.2) is 0 Å². The third kappa shape index (κ3) is 1.14. The second-order valence-electron chi connectivity index (χ2n) is 1.77. The van der Waals surface area contributed by atoms with Crippen LogP contribution in [0.15, 0.2) is 4.47 Å². The van der Waals surface area contributed by atoms with Crippen molar-refractivity contribution in [2.24, 2.45) is 0 Å². The Labute approximate surface area is 61.2 Å². The zero-order valence-corrected chi connectivity index (χ0v) is 6.57. The van der Waals surface area contributed by atoms with Crippen LogP contribution < -0.4 is 0 Å². The summed E-state index contributed by atoms with van der Waals surface area (Å²) in [5.74, 6) is 0. The summed E-state index contributed by atoms with van der Waals surface area (Å²) in [5.41, 5.74) is 1.60. The standard InChI is InChI=1S/C5H7BrN2O/c1-3-5(6)4(2-9)8-7-3/h9H,2H2,1H3,(H,7,8). The number of aliphatic hydroxyl groups excluding tert-OH is 1. The van der Waals surface area contributed by atoms with Crippen LogP contribution in [0, 0.1) is 6.92 Å². The predicted molar refractivity (Wildman–Crippen MR) is 36.9 cm³/mol. The van der Waals surface area contributed by atoms with E-state index in [0.29, 0.717) is 5.69 Å². The molecular formula is C5H7BrN2O. The molecular weight excluding hydrogens is 184 g/mol. The summed E-state index contributed by atoms with van der Waals surface area (Å²) in [6, 6.07) is 0. The number of halogens is 1. The molecule has 0 spiro atoms. The Kier molecular flexibility index (Phi) is 1.87. The molecule has 0 unspecified atom stereocenters. The SMILES string of the molecule is Cc1[nH]nc(CO)c1Br. The van der Waals surface area contributed by atoms with Crippen molar-refractivity contribution >= 4 is 15.9 Å². The fourth-order valence-electron chi connectivity index (χ4n) is 0.571. The number of rotatable bonds is 1. The van der Waals surface area contributed by atoms with Gasteiger partial charge in [-0.15, -0.1) is 0 Å². The molecule has 0 atom stereocenters. The maximum Gasteiger partial charge on any atom is 0.102 e. The Hall–Kier alpha value is -0.350. The van der Waals surface area contributed by atoms with E-state index in [0.717, 1.165) is 10.2 Å². The van der Waals surface area contributed by atoms with Crippen LogP contribution >= 0.6 is 15.9 Å². The molecule has 0 aliphatic heterocycles. The van der Waals surface area contributed by atoms with Crippen molar-refractivity contribution in [1.29, 1.82) is 0 Å². The molecule has 0 aliphatic rings. The Morgan fingerprint density at radius 2 is 2.44 bits per heavy atom. The molecule has 0 bridgehead atoms. The first kappa shape index (κ1) is 6.77. The molecule has 0 saturated carbocycles. The highest BCUT2D eigenvalue weighted by molar-refractivity contribution is 9.10. The summed E-state index contributed by atoms with van der Waals surface area (Å²) in [7, 11) is 0. The average Bonchev–Trinajstić information content (AvgIpc) is 2.15. The van der Waals surface area contributed by atoms with E-state index in [1.165, 1.54) is 0 Å². The van der Waals surface area contributed by atoms with Gasteiger partial charge < -0.3 is 5.11 Å². The zero-order valence-electron chi connectivity index (χ0n) is 4.98. The van der Waals surface area contributed by atoms with Crippen LogP contribution in [0.25, 0.3) is 0 Å². The minimum atomic E-state index is -0.0229. The van der Waals surface area contributed by atoms with E-state index >= 15 is 0 Å². The highest BCUT2D eigenvalue weighted by Gasteiger charge is 2.03. The fourth-order valence-corrected chi connectivity index (χ4v) is 0.873. The Morgan fingerprint density at radius 3 is 2.67 bits per heavy atom. The number of aryl methyl sites for hydroxylation is 1. The minimum absolute atomic E-state index is 0.0229. The summed E-state index contributed by atoms with van der Waals surface area (Å²) < 4.78 is 0.866. The molecule has 1 aromatic rings. The van der Waals surface area contributed by atoms with Gasteiger partial charge in [-0.05, 0) is 22.9 Å². The van der Waals surface area contributed by atoms with Crippen molar-refractivity contribution in [1.82, 2.24) is 10.2 Å². The van der Waals surface area contributed by atoms with E-state index in [9.17, 15) is 0 Å². The number of hydrogen-bond donors (Lipinski definition) is 2. The molecule has 0 fully saturated rings. The fraction of sp³-hybridized carbons (Fsp3) is 0.400. The molecule has 9 heavy (non-hydrogen) atoms. The molecule has 4 heteroatoms. The van der Waals surface area contributed by atoms with Crippen LogP contribution in [0.2, 0.25) is 0 Å². The number of aromatic nitrogens is 2. The molecule has 3 nitrogen and oxygen atoms in total. The molecule has 1 aromatic heterocycles. The van der Waals surface area contributed by atoms with Gasteiger partial charge in [0.2, 0.25) is 0 Å². The molecule has 0 amide bonds. The number of aromatic amines is 1. The summed E-state index contributed by atoms with van der Waals surface area (Å²) in [4.78, 5) is 0. The molecule has 0 saturated heterocycles. The van der Waals surface area contributed by atoms with Crippen LogP contribution in [0.4, 0.5) is 0 Å². The molecule has 0 aromatic carbocycles. The van der Waals surface area contributed by atoms with E-state index in [1.807, 2.05) is 6.92 Å². The molecule has 1 heterocycles. The molecule has 0 radical (unpaired) electrons. The van der Waals surface area contributed by atoms with Gasteiger partial charge in [-0.1, -0.05) is 0 Å². The van der Waals surface area contributed by atoms with E-state index in [2.05, 4.69) is 26.1 Å². The number of hydrogen-bond acceptors (Lipinski definition) is 2. The average molecular weight is 191 g/mol. The Balaban J connectivity index is 3.04. The normalized spacial score (nSPS) is 10.1. The van der Waals surface area contributed by atoms with Crippen molar-refractivity contribution < 1.29 is 5.11 Å². The van der Waals surface area contributed by atoms with E-state index in [1.54, 1.807) is 0 Å². The lowest BCUT2D eigenvalue weighted by molar-refractivity contribution is 0.276. The zero-order chi connectivity index (χ0) is 6.85. The van der Waals surface area contributed by atoms with Gasteiger partial charge in [-0.25, -0.2) is 0 Å². The van der Waals surface area contributed by atoms with E-state index in [-0.39, 0.29) is 6.61 Å². The maximum atomic E-state index is 8.62. The van der Waals surface area contributed by atoms with Crippen LogP contribution in [0.3, 0.4) is 0 Å². The quantitative estimate of drug-likeness (QED) is 0.694. The summed E-state index contributed by atoms with van der Waals surface area (Å²) in [6.07, 6.45) is 0. The van der Waals surface area contributed by atoms with Crippen molar-refractivity contribution in [3.8, 4) is 0 Å². The number of nitrogens with one attached hydrogen (secondary N) is 1. The van der Waals surface area contributed by atoms with Gasteiger partial charge in [0.05, 0.1) is 11.1 Å². The Bertz CT molecular complexity index is 209. The second-order valence-corrected chi connectivity index (χ2v) is 2.56. The van der Waals surface area contributed by atoms with Crippen molar-refractivity contribution in [2.45, 2.75) is 13.5 Å². The maximum absolute atomic E-state index is 8.62. The summed E-state index contributed by atoms with van der Waals surface area (Å²) >= 11 is 3.26. The molecule has 1 rings (SSSR count). The van der Waals surface area contributed by atoms with Crippen molar-refractivity contribution in [3.05, 3.63) is 15.9 Å². The molecule has 50 valence electrons. The van der Waals surface area contributed by atoms with Crippen molar-refractivity contribution in [3.63, 3.8) is 0 Å². The first-order chi connectivity index (χ1) is 4.25. The highest BCUT2D eigenvalue weighted by atomic mass is 79.9. The summed E-state index contributed by atoms with van der Waals surface area (Å²) in [6.45, 7) is 1.86. The molecule has 2 N–H and O–H groups in total. The number of aliphatic hydroxyl groups is 1. The van der Waals surface area contributed by atoms with Crippen LogP contribution in [0.1, 0.15) is 11.4 Å². The van der Waals surface area contributed by atoms with Gasteiger partial charge in [0, 0.05) is 5.69 Å². The van der Waals surface area contributed by atoms with E-state index in [4.69, 9.17) is 5.11 Å². The van der Waals surface area contributed by atoms with Gasteiger partial charge in [0.25, 0.3) is 0 Å². The van der Waals surface area contributed by atoms with Crippen molar-refractivity contribution in [2.75, 3.05) is 0 Å². The lowest BCUT2D eigenvalue weighted by atomic mass is 10.4. The monoisotopic (exact) mass is 190 g/mol. The van der Waals surface area contributed by atoms with Gasteiger partial charge in [0.1, 0.15) is 5.69 Å². The van der Waals surface area contributed by atoms with Crippen LogP contribution in [0.5, 0.6) is 0 Å². The second kappa shape index (κ2) is 2.49. The van der Waals surface area contributed by atoms with Gasteiger partial charge in [-0.2, -0.15) is 5.10 Å².